The lowest BCUT2D eigenvalue weighted by atomic mass is 9.99. The van der Waals surface area contributed by atoms with Gasteiger partial charge in [0.1, 0.15) is 0 Å². The van der Waals surface area contributed by atoms with Crippen molar-refractivity contribution in [3.05, 3.63) is 70.8 Å². The van der Waals surface area contributed by atoms with Crippen molar-refractivity contribution in [2.45, 2.75) is 67.2 Å². The van der Waals surface area contributed by atoms with Crippen LogP contribution in [0.1, 0.15) is 75.6 Å². The van der Waals surface area contributed by atoms with Gasteiger partial charge in [-0.15, -0.1) is 0 Å². The molecule has 0 saturated carbocycles. The number of rotatable bonds is 2. The van der Waals surface area contributed by atoms with Gasteiger partial charge in [0.15, 0.2) is 0 Å². The Hall–Kier alpha value is -1.56. The van der Waals surface area contributed by atoms with Crippen LogP contribution >= 0.6 is 0 Å². The summed E-state index contributed by atoms with van der Waals surface area (Å²) in [5.74, 6) is 1.31. The molecule has 0 spiro atoms. The van der Waals surface area contributed by atoms with E-state index in [1.165, 1.54) is 22.3 Å². The average Bonchev–Trinajstić information content (AvgIpc) is 2.53. The van der Waals surface area contributed by atoms with Crippen molar-refractivity contribution in [1.82, 2.24) is 0 Å². The van der Waals surface area contributed by atoms with Gasteiger partial charge in [0.05, 0.1) is 0 Å². The molecule has 0 saturated heterocycles. The van der Waals surface area contributed by atoms with Crippen LogP contribution in [0.5, 0.6) is 0 Å². The topological polar surface area (TPSA) is 0 Å². The van der Waals surface area contributed by atoms with Crippen molar-refractivity contribution in [3.63, 3.8) is 0 Å². The minimum Gasteiger partial charge on any atom is -0.0683 e. The van der Waals surface area contributed by atoms with Crippen molar-refractivity contribution in [2.24, 2.45) is 0 Å². The zero-order valence-electron chi connectivity index (χ0n) is 15.8. The van der Waals surface area contributed by atoms with Gasteiger partial charge in [-0.3, -0.25) is 0 Å². The van der Waals surface area contributed by atoms with Crippen LogP contribution in [0.15, 0.2) is 48.5 Å². The van der Waals surface area contributed by atoms with E-state index in [4.69, 9.17) is 0 Å². The first kappa shape index (κ1) is 20.4. The maximum absolute atomic E-state index is 2.28. The third-order valence-electron chi connectivity index (χ3n) is 3.66. The van der Waals surface area contributed by atoms with Crippen LogP contribution in [0.3, 0.4) is 0 Å². The van der Waals surface area contributed by atoms with Crippen molar-refractivity contribution >= 4 is 0 Å². The van der Waals surface area contributed by atoms with E-state index in [2.05, 4.69) is 84.0 Å². The van der Waals surface area contributed by atoms with Gasteiger partial charge in [0, 0.05) is 0 Å². The summed E-state index contributed by atoms with van der Waals surface area (Å²) in [6.45, 7) is 17.2. The molecule has 0 heterocycles. The van der Waals surface area contributed by atoms with Crippen LogP contribution in [-0.4, -0.2) is 0 Å². The van der Waals surface area contributed by atoms with Crippen LogP contribution in [0.25, 0.3) is 0 Å². The molecule has 0 amide bonds. The molecule has 0 bridgehead atoms. The Morgan fingerprint density at radius 2 is 1.09 bits per heavy atom. The molecular formula is C22H34. The Morgan fingerprint density at radius 1 is 0.591 bits per heavy atom. The van der Waals surface area contributed by atoms with E-state index in [0.29, 0.717) is 11.8 Å². The highest BCUT2D eigenvalue weighted by molar-refractivity contribution is 5.31. The molecule has 0 radical (unpaired) electrons. The van der Waals surface area contributed by atoms with E-state index >= 15 is 0 Å². The quantitative estimate of drug-likeness (QED) is 0.547. The average molecular weight is 299 g/mol. The Balaban J connectivity index is 0.000000366. The van der Waals surface area contributed by atoms with Gasteiger partial charge in [0.2, 0.25) is 0 Å². The Kier molecular flexibility index (Phi) is 10.3. The first-order valence-corrected chi connectivity index (χ1v) is 8.54. The van der Waals surface area contributed by atoms with E-state index in [1.54, 1.807) is 0 Å². The standard InChI is InChI=1S/C11H16.C9H12.C2H6/c1-8(2)11-6-5-9(3)10(4)7-11;1-8(2)9-6-4-3-5-7-9;1-2/h5-8H,1-4H3;3-8H,1-2H3;1-2H3. The van der Waals surface area contributed by atoms with Crippen LogP contribution < -0.4 is 0 Å². The second kappa shape index (κ2) is 11.1. The lowest BCUT2D eigenvalue weighted by molar-refractivity contribution is 0.864. The lowest BCUT2D eigenvalue weighted by Crippen LogP contribution is -1.89. The van der Waals surface area contributed by atoms with Crippen molar-refractivity contribution < 1.29 is 0 Å². The normalized spacial score (nSPS) is 9.73. The zero-order valence-corrected chi connectivity index (χ0v) is 15.8. The van der Waals surface area contributed by atoms with Crippen LogP contribution in [-0.2, 0) is 0 Å². The van der Waals surface area contributed by atoms with E-state index in [1.807, 2.05) is 19.9 Å². The minimum atomic E-state index is 0.647. The van der Waals surface area contributed by atoms with Gasteiger partial charge < -0.3 is 0 Å². The molecule has 0 aliphatic heterocycles. The molecule has 2 aromatic rings. The molecule has 2 aromatic carbocycles. The fourth-order valence-electron chi connectivity index (χ4n) is 1.96. The van der Waals surface area contributed by atoms with Gasteiger partial charge >= 0.3 is 0 Å². The van der Waals surface area contributed by atoms with E-state index in [0.717, 1.165) is 0 Å². The highest BCUT2D eigenvalue weighted by Crippen LogP contribution is 2.17. The number of hydrogen-bond acceptors (Lipinski definition) is 0. The molecule has 0 aliphatic rings. The second-order valence-corrected chi connectivity index (χ2v) is 6.06. The summed E-state index contributed by atoms with van der Waals surface area (Å²) in [6, 6.07) is 17.2. The van der Waals surface area contributed by atoms with Crippen molar-refractivity contribution in [1.29, 1.82) is 0 Å². The molecule has 122 valence electrons. The molecule has 0 fully saturated rings. The molecule has 0 N–H and O–H groups in total. The third kappa shape index (κ3) is 7.45. The Bertz CT molecular complexity index is 507. The monoisotopic (exact) mass is 298 g/mol. The largest absolute Gasteiger partial charge is 0.0683 e. The first-order chi connectivity index (χ1) is 10.4. The van der Waals surface area contributed by atoms with Gasteiger partial charge in [-0.25, -0.2) is 0 Å². The summed E-state index contributed by atoms with van der Waals surface area (Å²) in [6.07, 6.45) is 0. The molecule has 0 heteroatoms. The van der Waals surface area contributed by atoms with Gasteiger partial charge in [-0.1, -0.05) is 90.1 Å². The summed E-state index contributed by atoms with van der Waals surface area (Å²) >= 11 is 0. The number of aryl methyl sites for hydroxylation is 2. The smallest absolute Gasteiger partial charge is 0.0219 e. The van der Waals surface area contributed by atoms with E-state index in [9.17, 15) is 0 Å². The number of benzene rings is 2. The summed E-state index contributed by atoms with van der Waals surface area (Å²) in [5, 5.41) is 0. The first-order valence-electron chi connectivity index (χ1n) is 8.54. The Morgan fingerprint density at radius 3 is 1.45 bits per heavy atom. The number of hydrogen-bond donors (Lipinski definition) is 0. The SMILES string of the molecule is CC.CC(C)c1ccccc1.Cc1ccc(C(C)C)cc1C. The van der Waals surface area contributed by atoms with Gasteiger partial charge in [-0.2, -0.15) is 0 Å². The minimum absolute atomic E-state index is 0.647. The highest BCUT2D eigenvalue weighted by Gasteiger charge is 1.99. The molecule has 0 atom stereocenters. The fourth-order valence-corrected chi connectivity index (χ4v) is 1.96. The molecule has 22 heavy (non-hydrogen) atoms. The highest BCUT2D eigenvalue weighted by atomic mass is 14.0. The van der Waals surface area contributed by atoms with Crippen LogP contribution in [0.2, 0.25) is 0 Å². The van der Waals surface area contributed by atoms with Gasteiger partial charge in [0.25, 0.3) is 0 Å². The molecule has 0 aromatic heterocycles. The summed E-state index contributed by atoms with van der Waals surface area (Å²) in [5.41, 5.74) is 5.64. The predicted octanol–water partition coefficient (Wildman–Crippen LogP) is 7.26. The summed E-state index contributed by atoms with van der Waals surface area (Å²) < 4.78 is 0. The fraction of sp³-hybridized carbons (Fsp3) is 0.455. The maximum Gasteiger partial charge on any atom is -0.0219 e. The van der Waals surface area contributed by atoms with E-state index in [-0.39, 0.29) is 0 Å². The summed E-state index contributed by atoms with van der Waals surface area (Å²) in [7, 11) is 0. The van der Waals surface area contributed by atoms with Gasteiger partial charge in [-0.05, 0) is 47.9 Å². The molecule has 0 nitrogen and oxygen atoms in total. The third-order valence-corrected chi connectivity index (χ3v) is 3.66. The maximum atomic E-state index is 2.28. The molecule has 0 unspecified atom stereocenters. The predicted molar refractivity (Wildman–Crippen MR) is 102 cm³/mol. The van der Waals surface area contributed by atoms with Crippen LogP contribution in [0.4, 0.5) is 0 Å². The zero-order chi connectivity index (χ0) is 17.1. The molecular weight excluding hydrogens is 264 g/mol. The summed E-state index contributed by atoms with van der Waals surface area (Å²) in [4.78, 5) is 0. The van der Waals surface area contributed by atoms with E-state index < -0.39 is 0 Å². The van der Waals surface area contributed by atoms with Crippen LogP contribution in [0, 0.1) is 13.8 Å². The molecule has 2 rings (SSSR count). The Labute approximate surface area is 138 Å². The van der Waals surface area contributed by atoms with Crippen molar-refractivity contribution in [3.8, 4) is 0 Å². The molecule has 0 aliphatic carbocycles. The second-order valence-electron chi connectivity index (χ2n) is 6.06. The van der Waals surface area contributed by atoms with Crippen molar-refractivity contribution in [2.75, 3.05) is 0 Å². The lowest BCUT2D eigenvalue weighted by Gasteiger charge is -2.07.